The van der Waals surface area contributed by atoms with E-state index in [2.05, 4.69) is 36.1 Å². The van der Waals surface area contributed by atoms with Crippen molar-refractivity contribution < 1.29 is 9.53 Å². The van der Waals surface area contributed by atoms with E-state index in [1.54, 1.807) is 0 Å². The number of hydrogen-bond donors (Lipinski definition) is 1. The van der Waals surface area contributed by atoms with Crippen LogP contribution in [0.25, 0.3) is 10.9 Å². The lowest BCUT2D eigenvalue weighted by Gasteiger charge is -2.35. The molecule has 0 bridgehead atoms. The summed E-state index contributed by atoms with van der Waals surface area (Å²) in [5.41, 5.74) is 3.27. The maximum absolute atomic E-state index is 12.9. The molecule has 5 nitrogen and oxygen atoms in total. The third-order valence-corrected chi connectivity index (χ3v) is 6.49. The monoisotopic (exact) mass is 439 g/mol. The van der Waals surface area contributed by atoms with Crippen molar-refractivity contribution in [3.8, 4) is 5.75 Å². The first kappa shape index (κ1) is 21.7. The molecule has 1 aromatic heterocycles. The molecule has 0 atom stereocenters. The molecular formula is C25H30ClN3O2. The molecule has 0 saturated carbocycles. The van der Waals surface area contributed by atoms with Crippen molar-refractivity contribution in [1.29, 1.82) is 0 Å². The van der Waals surface area contributed by atoms with Crippen LogP contribution in [0.3, 0.4) is 0 Å². The number of likely N-dealkylation sites (tertiary alicyclic amines) is 1. The molecule has 164 valence electrons. The molecule has 2 aromatic carbocycles. The van der Waals surface area contributed by atoms with Gasteiger partial charge in [-0.25, -0.2) is 0 Å². The van der Waals surface area contributed by atoms with Crippen molar-refractivity contribution in [2.75, 3.05) is 27.2 Å². The van der Waals surface area contributed by atoms with E-state index >= 15 is 0 Å². The van der Waals surface area contributed by atoms with Gasteiger partial charge in [-0.05, 0) is 69.3 Å². The Morgan fingerprint density at radius 2 is 1.84 bits per heavy atom. The van der Waals surface area contributed by atoms with Gasteiger partial charge in [0.2, 0.25) is 5.91 Å². The second-order valence-corrected chi connectivity index (χ2v) is 8.88. The van der Waals surface area contributed by atoms with Crippen LogP contribution in [-0.2, 0) is 17.8 Å². The average Bonchev–Trinajstić information content (AvgIpc) is 3.14. The second kappa shape index (κ2) is 9.75. The number of rotatable bonds is 7. The molecule has 1 fully saturated rings. The molecule has 0 aliphatic carbocycles. The number of benzene rings is 2. The molecule has 6 heteroatoms. The van der Waals surface area contributed by atoms with Gasteiger partial charge in [-0.2, -0.15) is 0 Å². The van der Waals surface area contributed by atoms with Crippen LogP contribution in [0.1, 0.15) is 30.5 Å². The van der Waals surface area contributed by atoms with Crippen molar-refractivity contribution in [2.45, 2.75) is 38.3 Å². The minimum absolute atomic E-state index is 0.243. The van der Waals surface area contributed by atoms with Crippen molar-refractivity contribution in [2.24, 2.45) is 0 Å². The lowest BCUT2D eigenvalue weighted by Crippen LogP contribution is -2.44. The van der Waals surface area contributed by atoms with Gasteiger partial charge in [0.05, 0.1) is 5.69 Å². The zero-order valence-corrected chi connectivity index (χ0v) is 19.0. The summed E-state index contributed by atoms with van der Waals surface area (Å²) in [5, 5.41) is 1.85. The molecule has 2 heterocycles. The molecule has 0 spiro atoms. The number of aromatic amines is 1. The van der Waals surface area contributed by atoms with Crippen molar-refractivity contribution in [3.05, 3.63) is 64.8 Å². The number of amides is 1. The Balaban J connectivity index is 1.43. The topological polar surface area (TPSA) is 48.6 Å². The molecule has 4 rings (SSSR count). The quantitative estimate of drug-likeness (QED) is 0.570. The Morgan fingerprint density at radius 3 is 2.55 bits per heavy atom. The van der Waals surface area contributed by atoms with Crippen LogP contribution in [0.2, 0.25) is 5.02 Å². The summed E-state index contributed by atoms with van der Waals surface area (Å²) in [6.45, 7) is 2.12. The zero-order chi connectivity index (χ0) is 21.8. The summed E-state index contributed by atoms with van der Waals surface area (Å²) in [6, 6.07) is 16.2. The van der Waals surface area contributed by atoms with E-state index in [9.17, 15) is 4.79 Å². The predicted octanol–water partition coefficient (Wildman–Crippen LogP) is 4.89. The predicted molar refractivity (Wildman–Crippen MR) is 126 cm³/mol. The molecule has 1 saturated heterocycles. The molecule has 3 aromatic rings. The standard InChI is InChI=1S/C25H30ClN3O2/c1-28(2)19-13-15-29(16-14-19)25(30)12-11-22-21-5-3-4-6-23(21)27-24(22)17-31-20-9-7-18(26)8-10-20/h3-10,19,27H,11-17H2,1-2H3. The minimum atomic E-state index is 0.243. The first-order valence-electron chi connectivity index (χ1n) is 10.9. The SMILES string of the molecule is CN(C)C1CCN(C(=O)CCc2c(COc3ccc(Cl)cc3)[nH]c3ccccc23)CC1. The van der Waals surface area contributed by atoms with Gasteiger partial charge in [0.25, 0.3) is 0 Å². The third kappa shape index (κ3) is 5.23. The summed E-state index contributed by atoms with van der Waals surface area (Å²) in [7, 11) is 4.24. The smallest absolute Gasteiger partial charge is 0.222 e. The molecule has 1 amide bonds. The van der Waals surface area contributed by atoms with Gasteiger partial charge in [0.1, 0.15) is 12.4 Å². The Kier molecular flexibility index (Phi) is 6.83. The van der Waals surface area contributed by atoms with Gasteiger partial charge >= 0.3 is 0 Å². The fraction of sp³-hybridized carbons (Fsp3) is 0.400. The molecule has 1 aliphatic rings. The molecule has 1 N–H and O–H groups in total. The Labute approximate surface area is 188 Å². The van der Waals surface area contributed by atoms with Gasteiger partial charge in [0, 0.05) is 41.5 Å². The summed E-state index contributed by atoms with van der Waals surface area (Å²) in [5.74, 6) is 1.01. The van der Waals surface area contributed by atoms with Crippen LogP contribution in [0, 0.1) is 0 Å². The van der Waals surface area contributed by atoms with Crippen LogP contribution >= 0.6 is 11.6 Å². The first-order valence-corrected chi connectivity index (χ1v) is 11.3. The highest BCUT2D eigenvalue weighted by molar-refractivity contribution is 6.30. The number of nitrogens with one attached hydrogen (secondary N) is 1. The number of carbonyl (C=O) groups excluding carboxylic acids is 1. The van der Waals surface area contributed by atoms with E-state index in [0.29, 0.717) is 30.5 Å². The number of H-pyrrole nitrogens is 1. The third-order valence-electron chi connectivity index (χ3n) is 6.24. The van der Waals surface area contributed by atoms with E-state index in [1.807, 2.05) is 41.3 Å². The van der Waals surface area contributed by atoms with E-state index < -0.39 is 0 Å². The Bertz CT molecular complexity index is 1020. The van der Waals surface area contributed by atoms with Gasteiger partial charge in [0.15, 0.2) is 0 Å². The van der Waals surface area contributed by atoms with Crippen LogP contribution in [-0.4, -0.2) is 53.9 Å². The van der Waals surface area contributed by atoms with Crippen molar-refractivity contribution in [1.82, 2.24) is 14.8 Å². The normalized spacial score (nSPS) is 15.0. The maximum Gasteiger partial charge on any atom is 0.222 e. The van der Waals surface area contributed by atoms with E-state index in [1.165, 1.54) is 5.56 Å². The van der Waals surface area contributed by atoms with Gasteiger partial charge in [-0.15, -0.1) is 0 Å². The molecule has 1 aliphatic heterocycles. The number of fused-ring (bicyclic) bond motifs is 1. The number of halogens is 1. The second-order valence-electron chi connectivity index (χ2n) is 8.45. The van der Waals surface area contributed by atoms with Crippen LogP contribution in [0.5, 0.6) is 5.75 Å². The summed E-state index contributed by atoms with van der Waals surface area (Å²) in [6.07, 6.45) is 3.32. The molecular weight excluding hydrogens is 410 g/mol. The van der Waals surface area contributed by atoms with Gasteiger partial charge in [-0.3, -0.25) is 4.79 Å². The molecule has 0 unspecified atom stereocenters. The van der Waals surface area contributed by atoms with Crippen LogP contribution in [0.4, 0.5) is 0 Å². The van der Waals surface area contributed by atoms with Crippen LogP contribution < -0.4 is 4.74 Å². The minimum Gasteiger partial charge on any atom is -0.487 e. The van der Waals surface area contributed by atoms with E-state index in [0.717, 1.165) is 48.3 Å². The number of aryl methyl sites for hydroxylation is 1. The fourth-order valence-electron chi connectivity index (χ4n) is 4.37. The van der Waals surface area contributed by atoms with Gasteiger partial charge in [-0.1, -0.05) is 29.8 Å². The number of nitrogens with zero attached hydrogens (tertiary/aromatic N) is 2. The zero-order valence-electron chi connectivity index (χ0n) is 18.2. The number of ether oxygens (including phenoxy) is 1. The number of aromatic nitrogens is 1. The fourth-order valence-corrected chi connectivity index (χ4v) is 4.50. The average molecular weight is 440 g/mol. The van der Waals surface area contributed by atoms with Crippen molar-refractivity contribution >= 4 is 28.4 Å². The highest BCUT2D eigenvalue weighted by atomic mass is 35.5. The maximum atomic E-state index is 12.9. The first-order chi connectivity index (χ1) is 15.0. The lowest BCUT2D eigenvalue weighted by molar-refractivity contribution is -0.132. The van der Waals surface area contributed by atoms with E-state index in [4.69, 9.17) is 16.3 Å². The number of para-hydroxylation sites is 1. The molecule has 0 radical (unpaired) electrons. The van der Waals surface area contributed by atoms with Crippen molar-refractivity contribution in [3.63, 3.8) is 0 Å². The highest BCUT2D eigenvalue weighted by Crippen LogP contribution is 2.26. The van der Waals surface area contributed by atoms with Crippen LogP contribution in [0.15, 0.2) is 48.5 Å². The lowest BCUT2D eigenvalue weighted by atomic mass is 10.0. The number of carbonyl (C=O) groups is 1. The number of piperidine rings is 1. The Morgan fingerprint density at radius 1 is 1.13 bits per heavy atom. The summed E-state index contributed by atoms with van der Waals surface area (Å²) >= 11 is 5.97. The summed E-state index contributed by atoms with van der Waals surface area (Å²) in [4.78, 5) is 20.7. The summed E-state index contributed by atoms with van der Waals surface area (Å²) < 4.78 is 5.98. The van der Waals surface area contributed by atoms with Gasteiger partial charge < -0.3 is 19.5 Å². The Hall–Kier alpha value is -2.50. The van der Waals surface area contributed by atoms with E-state index in [-0.39, 0.29) is 5.91 Å². The number of hydrogen-bond acceptors (Lipinski definition) is 3. The largest absolute Gasteiger partial charge is 0.487 e. The molecule has 31 heavy (non-hydrogen) atoms. The highest BCUT2D eigenvalue weighted by Gasteiger charge is 2.24.